The van der Waals surface area contributed by atoms with E-state index in [9.17, 15) is 4.79 Å². The summed E-state index contributed by atoms with van der Waals surface area (Å²) < 4.78 is 11.2. The van der Waals surface area contributed by atoms with Crippen molar-refractivity contribution in [1.82, 2.24) is 20.0 Å². The van der Waals surface area contributed by atoms with E-state index in [2.05, 4.69) is 15.1 Å². The van der Waals surface area contributed by atoms with Crippen molar-refractivity contribution < 1.29 is 14.1 Å². The second-order valence-electron chi connectivity index (χ2n) is 6.40. The number of hydrogen-bond acceptors (Lipinski definition) is 7. The molecule has 0 saturated carbocycles. The Morgan fingerprint density at radius 3 is 2.89 bits per heavy atom. The van der Waals surface area contributed by atoms with E-state index in [4.69, 9.17) is 14.5 Å². The van der Waals surface area contributed by atoms with Gasteiger partial charge < -0.3 is 14.2 Å². The molecule has 1 saturated heterocycles. The zero-order valence-corrected chi connectivity index (χ0v) is 15.0. The molecule has 1 aromatic carbocycles. The first-order valence-electron chi connectivity index (χ1n) is 8.94. The Morgan fingerprint density at radius 2 is 2.07 bits per heavy atom. The topological polar surface area (TPSA) is 105 Å². The molecule has 0 radical (unpaired) electrons. The van der Waals surface area contributed by atoms with Crippen molar-refractivity contribution in [2.75, 3.05) is 13.1 Å². The van der Waals surface area contributed by atoms with E-state index in [1.165, 1.54) is 12.4 Å². The molecule has 1 aliphatic rings. The van der Waals surface area contributed by atoms with Gasteiger partial charge in [0.15, 0.2) is 11.5 Å². The van der Waals surface area contributed by atoms with Crippen LogP contribution in [-0.4, -0.2) is 45.1 Å². The Morgan fingerprint density at radius 1 is 1.25 bits per heavy atom. The fourth-order valence-electron chi connectivity index (χ4n) is 3.14. The summed E-state index contributed by atoms with van der Waals surface area (Å²) in [7, 11) is 0. The van der Waals surface area contributed by atoms with Crippen LogP contribution in [0.25, 0.3) is 11.3 Å². The summed E-state index contributed by atoms with van der Waals surface area (Å²) in [4.78, 5) is 22.5. The molecule has 0 spiro atoms. The molecule has 8 heteroatoms. The summed E-state index contributed by atoms with van der Waals surface area (Å²) >= 11 is 0. The van der Waals surface area contributed by atoms with Gasteiger partial charge in [0.2, 0.25) is 5.69 Å². The average molecular weight is 375 g/mol. The zero-order valence-electron chi connectivity index (χ0n) is 15.0. The lowest BCUT2D eigenvalue weighted by Gasteiger charge is -2.32. The molecular weight excluding hydrogens is 358 g/mol. The van der Waals surface area contributed by atoms with Crippen LogP contribution in [0.5, 0.6) is 5.88 Å². The second kappa shape index (κ2) is 7.88. The molecule has 3 heterocycles. The number of likely N-dealkylation sites (tertiary alicyclic amines) is 1. The van der Waals surface area contributed by atoms with E-state index in [1.807, 2.05) is 36.4 Å². The molecule has 8 nitrogen and oxygen atoms in total. The quantitative estimate of drug-likeness (QED) is 0.690. The molecular formula is C20H17N5O3. The van der Waals surface area contributed by atoms with Crippen LogP contribution in [0, 0.1) is 11.3 Å². The normalized spacial score (nSPS) is 16.4. The van der Waals surface area contributed by atoms with Crippen molar-refractivity contribution in [3.63, 3.8) is 0 Å². The van der Waals surface area contributed by atoms with Gasteiger partial charge in [-0.3, -0.25) is 4.79 Å². The first kappa shape index (κ1) is 17.7. The zero-order chi connectivity index (χ0) is 19.3. The molecule has 3 aromatic rings. The van der Waals surface area contributed by atoms with E-state index in [-0.39, 0.29) is 29.3 Å². The first-order chi connectivity index (χ1) is 13.7. The first-order valence-corrected chi connectivity index (χ1v) is 8.94. The minimum atomic E-state index is -0.262. The number of piperidine rings is 1. The predicted octanol–water partition coefficient (Wildman–Crippen LogP) is 2.69. The van der Waals surface area contributed by atoms with Gasteiger partial charge >= 0.3 is 0 Å². The monoisotopic (exact) mass is 375 g/mol. The largest absolute Gasteiger partial charge is 0.470 e. The van der Waals surface area contributed by atoms with Crippen molar-refractivity contribution in [2.24, 2.45) is 0 Å². The number of aromatic nitrogens is 3. The number of carbonyl (C=O) groups excluding carboxylic acids is 1. The van der Waals surface area contributed by atoms with Crippen LogP contribution in [0.15, 0.2) is 53.3 Å². The third-order valence-electron chi connectivity index (χ3n) is 4.50. The Balaban J connectivity index is 1.45. The van der Waals surface area contributed by atoms with Gasteiger partial charge in [0.1, 0.15) is 12.2 Å². The van der Waals surface area contributed by atoms with Gasteiger partial charge in [-0.1, -0.05) is 35.5 Å². The summed E-state index contributed by atoms with van der Waals surface area (Å²) in [6.07, 6.45) is 4.20. The molecule has 1 unspecified atom stereocenters. The fraction of sp³-hybridized carbons (Fsp3) is 0.250. The highest BCUT2D eigenvalue weighted by molar-refractivity contribution is 5.93. The SMILES string of the molecule is N#Cc1nccnc1OC1CCCN(C(=O)c2cc(-c3ccccc3)on2)C1. The number of nitriles is 1. The Kier molecular flexibility index (Phi) is 4.97. The Labute approximate surface area is 161 Å². The molecule has 28 heavy (non-hydrogen) atoms. The molecule has 1 amide bonds. The van der Waals surface area contributed by atoms with E-state index < -0.39 is 0 Å². The Bertz CT molecular complexity index is 1010. The van der Waals surface area contributed by atoms with E-state index >= 15 is 0 Å². The number of amides is 1. The van der Waals surface area contributed by atoms with Gasteiger partial charge in [-0.2, -0.15) is 5.26 Å². The standard InChI is InChI=1S/C20H17N5O3/c21-12-17-19(23-9-8-22-17)27-15-7-4-10-25(13-15)20(26)16-11-18(28-24-16)14-5-2-1-3-6-14/h1-3,5-6,8-9,11,15H,4,7,10,13H2. The van der Waals surface area contributed by atoms with Gasteiger partial charge in [-0.15, -0.1) is 0 Å². The number of benzene rings is 1. The minimum absolute atomic E-state index is 0.134. The predicted molar refractivity (Wildman–Crippen MR) is 98.2 cm³/mol. The fourth-order valence-corrected chi connectivity index (χ4v) is 3.14. The lowest BCUT2D eigenvalue weighted by atomic mass is 10.1. The van der Waals surface area contributed by atoms with Crippen molar-refractivity contribution >= 4 is 5.91 Å². The van der Waals surface area contributed by atoms with Gasteiger partial charge in [0.05, 0.1) is 6.54 Å². The van der Waals surface area contributed by atoms with Gasteiger partial charge in [-0.05, 0) is 12.8 Å². The summed E-state index contributed by atoms with van der Waals surface area (Å²) in [5.74, 6) is 0.531. The van der Waals surface area contributed by atoms with Gasteiger partial charge in [0, 0.05) is 30.6 Å². The number of ether oxygens (including phenoxy) is 1. The van der Waals surface area contributed by atoms with Gasteiger partial charge in [-0.25, -0.2) is 9.97 Å². The third-order valence-corrected chi connectivity index (χ3v) is 4.50. The molecule has 1 aliphatic heterocycles. The maximum absolute atomic E-state index is 12.8. The molecule has 0 bridgehead atoms. The third kappa shape index (κ3) is 3.69. The number of hydrogen-bond donors (Lipinski definition) is 0. The molecule has 4 rings (SSSR count). The van der Waals surface area contributed by atoms with E-state index in [0.717, 1.165) is 18.4 Å². The molecule has 1 atom stereocenters. The average Bonchev–Trinajstić information content (AvgIpc) is 3.25. The molecule has 1 fully saturated rings. The Hall–Kier alpha value is -3.73. The van der Waals surface area contributed by atoms with Crippen molar-refractivity contribution in [3.05, 3.63) is 60.2 Å². The molecule has 140 valence electrons. The summed E-state index contributed by atoms with van der Waals surface area (Å²) in [5, 5.41) is 13.0. The maximum Gasteiger partial charge on any atom is 0.276 e. The van der Waals surface area contributed by atoms with Crippen LogP contribution >= 0.6 is 0 Å². The van der Waals surface area contributed by atoms with Crippen molar-refractivity contribution in [2.45, 2.75) is 18.9 Å². The van der Waals surface area contributed by atoms with Crippen LogP contribution in [0.1, 0.15) is 29.0 Å². The highest BCUT2D eigenvalue weighted by Crippen LogP contribution is 2.23. The smallest absolute Gasteiger partial charge is 0.276 e. The van der Waals surface area contributed by atoms with Crippen molar-refractivity contribution in [3.8, 4) is 23.3 Å². The molecule has 2 aromatic heterocycles. The molecule has 0 N–H and O–H groups in total. The van der Waals surface area contributed by atoms with E-state index in [0.29, 0.717) is 18.8 Å². The maximum atomic E-state index is 12.8. The van der Waals surface area contributed by atoms with Crippen LogP contribution in [0.4, 0.5) is 0 Å². The summed E-state index contributed by atoms with van der Waals surface area (Å²) in [6.45, 7) is 0.992. The van der Waals surface area contributed by atoms with Crippen LogP contribution < -0.4 is 4.74 Å². The highest BCUT2D eigenvalue weighted by atomic mass is 16.5. The molecule has 0 aliphatic carbocycles. The number of carbonyl (C=O) groups is 1. The lowest BCUT2D eigenvalue weighted by molar-refractivity contribution is 0.0517. The van der Waals surface area contributed by atoms with Crippen LogP contribution in [-0.2, 0) is 0 Å². The highest BCUT2D eigenvalue weighted by Gasteiger charge is 2.28. The van der Waals surface area contributed by atoms with Gasteiger partial charge in [0.25, 0.3) is 11.8 Å². The summed E-state index contributed by atoms with van der Waals surface area (Å²) in [5.41, 5.74) is 1.26. The van der Waals surface area contributed by atoms with E-state index in [1.54, 1.807) is 11.0 Å². The van der Waals surface area contributed by atoms with Crippen LogP contribution in [0.2, 0.25) is 0 Å². The second-order valence-corrected chi connectivity index (χ2v) is 6.40. The van der Waals surface area contributed by atoms with Crippen molar-refractivity contribution in [1.29, 1.82) is 5.26 Å². The number of nitrogens with zero attached hydrogens (tertiary/aromatic N) is 5. The minimum Gasteiger partial charge on any atom is -0.470 e. The summed E-state index contributed by atoms with van der Waals surface area (Å²) in [6, 6.07) is 13.1. The lowest BCUT2D eigenvalue weighted by Crippen LogP contribution is -2.44. The number of rotatable bonds is 4. The van der Waals surface area contributed by atoms with Crippen LogP contribution in [0.3, 0.4) is 0 Å².